The maximum atomic E-state index is 6.16. The van der Waals surface area contributed by atoms with Gasteiger partial charge in [-0.1, -0.05) is 29.8 Å². The van der Waals surface area contributed by atoms with Crippen LogP contribution >= 0.6 is 11.6 Å². The Morgan fingerprint density at radius 3 is 2.80 bits per heavy atom. The minimum Gasteiger partial charge on any atom is -0.262 e. The number of aromatic nitrogens is 2. The summed E-state index contributed by atoms with van der Waals surface area (Å²) in [7, 11) is 0. The largest absolute Gasteiger partial charge is 0.262 e. The van der Waals surface area contributed by atoms with Crippen molar-refractivity contribution in [2.45, 2.75) is 6.92 Å². The molecule has 0 aliphatic carbocycles. The predicted molar refractivity (Wildman–Crippen MR) is 84.8 cm³/mol. The Labute approximate surface area is 123 Å². The van der Waals surface area contributed by atoms with E-state index < -0.39 is 0 Å². The van der Waals surface area contributed by atoms with E-state index in [1.165, 1.54) is 0 Å². The zero-order valence-corrected chi connectivity index (χ0v) is 11.9. The molecule has 0 bridgehead atoms. The summed E-state index contributed by atoms with van der Waals surface area (Å²) < 4.78 is 0. The van der Waals surface area contributed by atoms with E-state index in [4.69, 9.17) is 11.6 Å². The van der Waals surface area contributed by atoms with Gasteiger partial charge in [0.25, 0.3) is 0 Å². The van der Waals surface area contributed by atoms with E-state index in [9.17, 15) is 0 Å². The first-order valence-corrected chi connectivity index (χ1v) is 6.51. The van der Waals surface area contributed by atoms with Gasteiger partial charge in [0.1, 0.15) is 0 Å². The zero-order valence-electron chi connectivity index (χ0n) is 11.1. The fraction of sp³-hybridized carbons (Fsp3) is 0.0625. The summed E-state index contributed by atoms with van der Waals surface area (Å²) in [6.45, 7) is 5.50. The van der Waals surface area contributed by atoms with Gasteiger partial charge in [-0.2, -0.15) is 0 Å². The molecule has 100 valence electrons. The summed E-state index contributed by atoms with van der Waals surface area (Å²) >= 11 is 6.16. The second-order valence-electron chi connectivity index (χ2n) is 4.01. The topological polar surface area (TPSA) is 38.1 Å². The SMILES string of the molecule is C=N/C(=C\C=C/C)c1cc(Cl)cc(-c2ccccn2)n1. The zero-order chi connectivity index (χ0) is 14.4. The fourth-order valence-electron chi connectivity index (χ4n) is 1.68. The number of rotatable bonds is 4. The minimum atomic E-state index is 0.589. The molecule has 0 spiro atoms. The van der Waals surface area contributed by atoms with Gasteiger partial charge in [0.15, 0.2) is 0 Å². The standard InChI is InChI=1S/C16H14ClN3/c1-3-4-7-13(18-2)15-10-12(17)11-16(20-15)14-8-5-6-9-19-14/h3-11H,2H2,1H3/b4-3-,13-7-. The highest BCUT2D eigenvalue weighted by Crippen LogP contribution is 2.24. The van der Waals surface area contributed by atoms with Crippen LogP contribution in [0.1, 0.15) is 12.6 Å². The van der Waals surface area contributed by atoms with E-state index in [-0.39, 0.29) is 0 Å². The van der Waals surface area contributed by atoms with E-state index in [2.05, 4.69) is 21.7 Å². The Morgan fingerprint density at radius 2 is 2.15 bits per heavy atom. The van der Waals surface area contributed by atoms with Gasteiger partial charge in [-0.05, 0) is 44.0 Å². The lowest BCUT2D eigenvalue weighted by atomic mass is 10.2. The molecule has 4 heteroatoms. The van der Waals surface area contributed by atoms with Crippen LogP contribution in [0.4, 0.5) is 0 Å². The summed E-state index contributed by atoms with van der Waals surface area (Å²) in [4.78, 5) is 12.8. The van der Waals surface area contributed by atoms with Crippen LogP contribution in [0.15, 0.2) is 59.7 Å². The molecule has 2 heterocycles. The van der Waals surface area contributed by atoms with Crippen molar-refractivity contribution < 1.29 is 0 Å². The van der Waals surface area contributed by atoms with E-state index in [0.29, 0.717) is 22.1 Å². The van der Waals surface area contributed by atoms with Gasteiger partial charge in [-0.15, -0.1) is 0 Å². The third-order valence-corrected chi connectivity index (χ3v) is 2.81. The lowest BCUT2D eigenvalue weighted by Gasteiger charge is -2.05. The molecule has 0 aliphatic heterocycles. The molecule has 2 aromatic heterocycles. The first-order chi connectivity index (χ1) is 9.74. The first-order valence-electron chi connectivity index (χ1n) is 6.13. The summed E-state index contributed by atoms with van der Waals surface area (Å²) in [5, 5.41) is 0.589. The number of hydrogen-bond acceptors (Lipinski definition) is 3. The number of aliphatic imine (C=N–C) groups is 1. The van der Waals surface area contributed by atoms with Crippen LogP contribution in [0.2, 0.25) is 5.02 Å². The lowest BCUT2D eigenvalue weighted by molar-refractivity contribution is 1.21. The number of hydrogen-bond donors (Lipinski definition) is 0. The van der Waals surface area contributed by atoms with Crippen molar-refractivity contribution in [3.63, 3.8) is 0 Å². The molecule has 0 radical (unpaired) electrons. The van der Waals surface area contributed by atoms with Gasteiger partial charge < -0.3 is 0 Å². The van der Waals surface area contributed by atoms with Crippen molar-refractivity contribution in [3.05, 3.63) is 65.5 Å². The van der Waals surface area contributed by atoms with Gasteiger partial charge in [0.05, 0.1) is 22.8 Å². The molecule has 3 nitrogen and oxygen atoms in total. The summed E-state index contributed by atoms with van der Waals surface area (Å²) in [5.74, 6) is 0. The average Bonchev–Trinajstić information content (AvgIpc) is 2.48. The fourth-order valence-corrected chi connectivity index (χ4v) is 1.89. The molecule has 0 unspecified atom stereocenters. The van der Waals surface area contributed by atoms with Crippen LogP contribution < -0.4 is 0 Å². The second-order valence-corrected chi connectivity index (χ2v) is 4.44. The third kappa shape index (κ3) is 3.39. The van der Waals surface area contributed by atoms with Crippen LogP contribution in [-0.4, -0.2) is 16.7 Å². The highest BCUT2D eigenvalue weighted by molar-refractivity contribution is 6.31. The molecule has 0 aromatic carbocycles. The van der Waals surface area contributed by atoms with Crippen LogP contribution in [0.5, 0.6) is 0 Å². The molecule has 0 saturated carbocycles. The van der Waals surface area contributed by atoms with Crippen LogP contribution in [0, 0.1) is 0 Å². The third-order valence-electron chi connectivity index (χ3n) is 2.60. The number of halogens is 1. The Balaban J connectivity index is 2.51. The Morgan fingerprint density at radius 1 is 1.30 bits per heavy atom. The van der Waals surface area contributed by atoms with Gasteiger partial charge in [-0.25, -0.2) is 4.98 Å². The monoisotopic (exact) mass is 283 g/mol. The van der Waals surface area contributed by atoms with E-state index in [1.807, 2.05) is 43.4 Å². The molecule has 0 fully saturated rings. The number of pyridine rings is 2. The molecule has 0 saturated heterocycles. The van der Waals surface area contributed by atoms with Gasteiger partial charge in [0.2, 0.25) is 0 Å². The highest BCUT2D eigenvalue weighted by atomic mass is 35.5. The average molecular weight is 284 g/mol. The predicted octanol–water partition coefficient (Wildman–Crippen LogP) is 4.41. The smallest absolute Gasteiger partial charge is 0.0909 e. The van der Waals surface area contributed by atoms with Gasteiger partial charge >= 0.3 is 0 Å². The van der Waals surface area contributed by atoms with Crippen LogP contribution in [0.25, 0.3) is 17.1 Å². The molecule has 0 aliphatic rings. The van der Waals surface area contributed by atoms with Gasteiger partial charge in [0, 0.05) is 11.2 Å². The maximum absolute atomic E-state index is 6.16. The van der Waals surface area contributed by atoms with Crippen LogP contribution in [-0.2, 0) is 0 Å². The Hall–Kier alpha value is -2.26. The van der Waals surface area contributed by atoms with Crippen molar-refractivity contribution >= 4 is 24.0 Å². The molecular weight excluding hydrogens is 270 g/mol. The molecule has 2 aromatic rings. The van der Waals surface area contributed by atoms with E-state index in [0.717, 1.165) is 5.69 Å². The van der Waals surface area contributed by atoms with Crippen molar-refractivity contribution in [3.8, 4) is 11.4 Å². The van der Waals surface area contributed by atoms with Crippen molar-refractivity contribution in [2.24, 2.45) is 4.99 Å². The Kier molecular flexibility index (Phi) is 4.80. The number of allylic oxidation sites excluding steroid dienone is 3. The quantitative estimate of drug-likeness (QED) is 0.615. The van der Waals surface area contributed by atoms with Gasteiger partial charge in [-0.3, -0.25) is 9.98 Å². The van der Waals surface area contributed by atoms with Crippen LogP contribution in [0.3, 0.4) is 0 Å². The second kappa shape index (κ2) is 6.78. The number of nitrogens with zero attached hydrogens (tertiary/aromatic N) is 3. The molecule has 0 atom stereocenters. The molecule has 2 rings (SSSR count). The molecule has 20 heavy (non-hydrogen) atoms. The normalized spacial score (nSPS) is 11.8. The summed E-state index contributed by atoms with van der Waals surface area (Å²) in [6, 6.07) is 9.20. The molecule has 0 N–H and O–H groups in total. The highest BCUT2D eigenvalue weighted by Gasteiger charge is 2.07. The maximum Gasteiger partial charge on any atom is 0.0909 e. The van der Waals surface area contributed by atoms with E-state index in [1.54, 1.807) is 18.3 Å². The van der Waals surface area contributed by atoms with E-state index >= 15 is 0 Å². The van der Waals surface area contributed by atoms with Crippen molar-refractivity contribution in [2.75, 3.05) is 0 Å². The lowest BCUT2D eigenvalue weighted by Crippen LogP contribution is -1.92. The molecular formula is C16H14ClN3. The minimum absolute atomic E-state index is 0.589. The summed E-state index contributed by atoms with van der Waals surface area (Å²) in [6.07, 6.45) is 7.36. The van der Waals surface area contributed by atoms with Crippen molar-refractivity contribution in [1.29, 1.82) is 0 Å². The van der Waals surface area contributed by atoms with Crippen molar-refractivity contribution in [1.82, 2.24) is 9.97 Å². The first kappa shape index (κ1) is 14.2. The summed E-state index contributed by atoms with van der Waals surface area (Å²) in [5.41, 5.74) is 2.82. The Bertz CT molecular complexity index is 661. The molecule has 0 amide bonds.